The van der Waals surface area contributed by atoms with Crippen LogP contribution in [0, 0.1) is 5.92 Å². The van der Waals surface area contributed by atoms with Crippen LogP contribution in [0.5, 0.6) is 0 Å². The van der Waals surface area contributed by atoms with Crippen LogP contribution in [0.3, 0.4) is 0 Å². The van der Waals surface area contributed by atoms with Crippen molar-refractivity contribution in [2.45, 2.75) is 31.2 Å². The van der Waals surface area contributed by atoms with Crippen LogP contribution in [0.2, 0.25) is 0 Å². The van der Waals surface area contributed by atoms with E-state index >= 15 is 0 Å². The molecule has 0 amide bonds. The number of hydrogen-bond acceptors (Lipinski definition) is 2. The first-order chi connectivity index (χ1) is 4.61. The summed E-state index contributed by atoms with van der Waals surface area (Å²) in [5, 5.41) is 0. The largest absolute Gasteiger partial charge is 0.461 e. The molecule has 1 rings (SSSR count). The molecule has 0 saturated carbocycles. The summed E-state index contributed by atoms with van der Waals surface area (Å²) in [5.41, 5.74) is 0. The second-order valence-electron chi connectivity index (χ2n) is 2.82. The van der Waals surface area contributed by atoms with E-state index in [0.717, 1.165) is 0 Å². The maximum absolute atomic E-state index is 10.8. The Bertz CT molecular complexity index is 133. The van der Waals surface area contributed by atoms with Gasteiger partial charge in [-0.15, -0.1) is 0 Å². The molecule has 1 saturated heterocycles. The third kappa shape index (κ3) is 1.51. The number of alkyl halides is 1. The summed E-state index contributed by atoms with van der Waals surface area (Å²) in [6.07, 6.45) is 0.566. The van der Waals surface area contributed by atoms with E-state index in [2.05, 4.69) is 22.9 Å². The topological polar surface area (TPSA) is 26.3 Å². The third-order valence-corrected chi connectivity index (χ3v) is 3.45. The van der Waals surface area contributed by atoms with Crippen molar-refractivity contribution in [2.24, 2.45) is 5.92 Å². The van der Waals surface area contributed by atoms with Gasteiger partial charge in [0.1, 0.15) is 6.10 Å². The van der Waals surface area contributed by atoms with Crippen molar-refractivity contribution >= 4 is 21.9 Å². The maximum atomic E-state index is 10.8. The first-order valence-electron chi connectivity index (χ1n) is 3.45. The third-order valence-electron chi connectivity index (χ3n) is 1.80. The molecule has 0 spiro atoms. The van der Waals surface area contributed by atoms with Crippen LogP contribution in [-0.4, -0.2) is 16.9 Å². The molecule has 0 N–H and O–H groups in total. The lowest BCUT2D eigenvalue weighted by molar-refractivity contribution is -0.154. The minimum atomic E-state index is -0.0734. The predicted octanol–water partition coefficient (Wildman–Crippen LogP) is 1.72. The molecule has 3 heteroatoms. The van der Waals surface area contributed by atoms with Gasteiger partial charge in [0.2, 0.25) is 0 Å². The first kappa shape index (κ1) is 8.05. The molecule has 0 bridgehead atoms. The van der Waals surface area contributed by atoms with Gasteiger partial charge in [0.05, 0.1) is 4.83 Å². The molecular weight excluding hydrogens is 196 g/mol. The van der Waals surface area contributed by atoms with Crippen molar-refractivity contribution in [3.05, 3.63) is 0 Å². The Hall–Kier alpha value is -0.0500. The average Bonchev–Trinajstić information content (AvgIpc) is 1.82. The fraction of sp³-hybridized carbons (Fsp3) is 0.857. The monoisotopic (exact) mass is 206 g/mol. The van der Waals surface area contributed by atoms with E-state index < -0.39 is 0 Å². The van der Waals surface area contributed by atoms with Crippen molar-refractivity contribution in [3.8, 4) is 0 Å². The van der Waals surface area contributed by atoms with Gasteiger partial charge in [-0.05, 0) is 12.8 Å². The van der Waals surface area contributed by atoms with Crippen molar-refractivity contribution in [1.82, 2.24) is 0 Å². The van der Waals surface area contributed by atoms with Gasteiger partial charge >= 0.3 is 5.97 Å². The van der Waals surface area contributed by atoms with Gasteiger partial charge in [-0.3, -0.25) is 4.79 Å². The second-order valence-corrected chi connectivity index (χ2v) is 3.88. The fourth-order valence-electron chi connectivity index (χ4n) is 1.16. The standard InChI is InChI=1S/C7H11BrO2/c1-4-3-6(9)10-5(2)7(4)8/h4-5,7H,3H2,1-2H3. The molecule has 0 aromatic carbocycles. The summed E-state index contributed by atoms with van der Waals surface area (Å²) in [6.45, 7) is 3.96. The van der Waals surface area contributed by atoms with Crippen molar-refractivity contribution in [1.29, 1.82) is 0 Å². The summed E-state index contributed by atoms with van der Waals surface area (Å²) in [4.78, 5) is 11.1. The molecule has 1 fully saturated rings. The van der Waals surface area contributed by atoms with Crippen LogP contribution >= 0.6 is 15.9 Å². The Morgan fingerprint density at radius 3 is 2.70 bits per heavy atom. The molecule has 10 heavy (non-hydrogen) atoms. The molecule has 3 atom stereocenters. The minimum absolute atomic E-state index is 0.0243. The molecule has 0 aliphatic carbocycles. The number of carbonyl (C=O) groups excluding carboxylic acids is 1. The Balaban J connectivity index is 2.57. The average molecular weight is 207 g/mol. The lowest BCUT2D eigenvalue weighted by Crippen LogP contribution is -2.36. The first-order valence-corrected chi connectivity index (χ1v) is 4.36. The number of rotatable bonds is 0. The Labute approximate surface area is 69.1 Å². The van der Waals surface area contributed by atoms with Gasteiger partial charge in [0, 0.05) is 6.42 Å². The lowest BCUT2D eigenvalue weighted by Gasteiger charge is -2.29. The molecule has 1 heterocycles. The van der Waals surface area contributed by atoms with Crippen molar-refractivity contribution in [2.75, 3.05) is 0 Å². The van der Waals surface area contributed by atoms with Gasteiger partial charge in [-0.2, -0.15) is 0 Å². The van der Waals surface area contributed by atoms with Gasteiger partial charge < -0.3 is 4.74 Å². The molecule has 2 nitrogen and oxygen atoms in total. The summed E-state index contributed by atoms with van der Waals surface area (Å²) < 4.78 is 4.98. The van der Waals surface area contributed by atoms with Crippen LogP contribution in [-0.2, 0) is 9.53 Å². The molecule has 3 unspecified atom stereocenters. The highest BCUT2D eigenvalue weighted by atomic mass is 79.9. The van der Waals surface area contributed by atoms with Gasteiger partial charge in [-0.1, -0.05) is 22.9 Å². The minimum Gasteiger partial charge on any atom is -0.461 e. The molecule has 58 valence electrons. The van der Waals surface area contributed by atoms with E-state index in [0.29, 0.717) is 17.2 Å². The molecule has 0 aromatic heterocycles. The molecule has 0 aromatic rings. The molecular formula is C7H11BrO2. The smallest absolute Gasteiger partial charge is 0.306 e. The van der Waals surface area contributed by atoms with Gasteiger partial charge in [0.15, 0.2) is 0 Å². The van der Waals surface area contributed by atoms with Gasteiger partial charge in [0.25, 0.3) is 0 Å². The quantitative estimate of drug-likeness (QED) is 0.446. The Kier molecular flexibility index (Phi) is 2.34. The fourth-order valence-corrected chi connectivity index (χ4v) is 1.45. The lowest BCUT2D eigenvalue weighted by atomic mass is 9.98. The number of ether oxygens (including phenoxy) is 1. The van der Waals surface area contributed by atoms with E-state index in [1.807, 2.05) is 6.92 Å². The normalized spacial score (nSPS) is 41.1. The van der Waals surface area contributed by atoms with Crippen molar-refractivity contribution < 1.29 is 9.53 Å². The zero-order valence-corrected chi connectivity index (χ0v) is 7.72. The molecule has 0 radical (unpaired) electrons. The second kappa shape index (κ2) is 2.91. The summed E-state index contributed by atoms with van der Waals surface area (Å²) >= 11 is 3.47. The Morgan fingerprint density at radius 1 is 1.60 bits per heavy atom. The molecule has 1 aliphatic heterocycles. The highest BCUT2D eigenvalue weighted by Crippen LogP contribution is 2.26. The summed E-state index contributed by atoms with van der Waals surface area (Å²) in [5.74, 6) is 0.326. The van der Waals surface area contributed by atoms with E-state index in [9.17, 15) is 4.79 Å². The number of hydrogen-bond donors (Lipinski definition) is 0. The SMILES string of the molecule is CC1CC(=O)OC(C)C1Br. The van der Waals surface area contributed by atoms with Gasteiger partial charge in [-0.25, -0.2) is 0 Å². The number of carbonyl (C=O) groups is 1. The highest BCUT2D eigenvalue weighted by molar-refractivity contribution is 9.09. The van der Waals surface area contributed by atoms with Crippen LogP contribution in [0.15, 0.2) is 0 Å². The number of esters is 1. The predicted molar refractivity (Wildman–Crippen MR) is 42.1 cm³/mol. The zero-order valence-electron chi connectivity index (χ0n) is 6.13. The van der Waals surface area contributed by atoms with Crippen molar-refractivity contribution in [3.63, 3.8) is 0 Å². The number of cyclic esters (lactones) is 1. The van der Waals surface area contributed by atoms with Crippen LogP contribution in [0.4, 0.5) is 0 Å². The van der Waals surface area contributed by atoms with E-state index in [1.165, 1.54) is 0 Å². The zero-order chi connectivity index (χ0) is 7.72. The summed E-state index contributed by atoms with van der Waals surface area (Å²) in [6, 6.07) is 0. The maximum Gasteiger partial charge on any atom is 0.306 e. The van der Waals surface area contributed by atoms with Crippen LogP contribution < -0.4 is 0 Å². The van der Waals surface area contributed by atoms with E-state index in [-0.39, 0.29) is 12.1 Å². The van der Waals surface area contributed by atoms with Crippen LogP contribution in [0.1, 0.15) is 20.3 Å². The highest BCUT2D eigenvalue weighted by Gasteiger charge is 2.31. The Morgan fingerprint density at radius 2 is 2.20 bits per heavy atom. The van der Waals surface area contributed by atoms with Crippen LogP contribution in [0.25, 0.3) is 0 Å². The molecule has 1 aliphatic rings. The van der Waals surface area contributed by atoms with E-state index in [4.69, 9.17) is 4.74 Å². The summed E-state index contributed by atoms with van der Waals surface area (Å²) in [7, 11) is 0. The number of halogens is 1. The van der Waals surface area contributed by atoms with E-state index in [1.54, 1.807) is 0 Å².